The highest BCUT2D eigenvalue weighted by atomic mass is 19.4. The van der Waals surface area contributed by atoms with E-state index in [9.17, 15) is 26.7 Å². The maximum atomic E-state index is 12.3. The van der Waals surface area contributed by atoms with Crippen molar-refractivity contribution >= 4 is 5.91 Å². The zero-order valence-electron chi connectivity index (χ0n) is 7.53. The van der Waals surface area contributed by atoms with Crippen LogP contribution in [0.3, 0.4) is 0 Å². The molecule has 0 aromatic heterocycles. The van der Waals surface area contributed by atoms with Crippen molar-refractivity contribution in [3.8, 4) is 6.07 Å². The van der Waals surface area contributed by atoms with Crippen LogP contribution in [-0.4, -0.2) is 24.6 Å². The average Bonchev–Trinajstić information content (AvgIpc) is 2.11. The molecule has 0 aromatic rings. The summed E-state index contributed by atoms with van der Waals surface area (Å²) in [7, 11) is 0. The number of hydrogen-bond donors (Lipinski definition) is 1. The summed E-state index contributed by atoms with van der Waals surface area (Å²) >= 11 is 0. The van der Waals surface area contributed by atoms with Crippen LogP contribution in [0.1, 0.15) is 6.92 Å². The average molecular weight is 230 g/mol. The first-order chi connectivity index (χ1) is 6.63. The molecular formula is C7H7F5N2O. The summed E-state index contributed by atoms with van der Waals surface area (Å²) in [5.74, 6) is -8.71. The van der Waals surface area contributed by atoms with Gasteiger partial charge in [-0.05, 0) is 6.92 Å². The molecule has 0 saturated heterocycles. The lowest BCUT2D eigenvalue weighted by Crippen LogP contribution is -2.51. The molecule has 0 spiro atoms. The smallest absolute Gasteiger partial charge is 0.349 e. The van der Waals surface area contributed by atoms with Crippen LogP contribution in [0.25, 0.3) is 0 Å². The first-order valence-electron chi connectivity index (χ1n) is 3.75. The Bertz CT molecular complexity index is 280. The van der Waals surface area contributed by atoms with Gasteiger partial charge < -0.3 is 5.32 Å². The number of hydrogen-bond acceptors (Lipinski definition) is 2. The molecule has 8 heteroatoms. The van der Waals surface area contributed by atoms with Gasteiger partial charge in [0.1, 0.15) is 0 Å². The second-order valence-electron chi connectivity index (χ2n) is 2.81. The topological polar surface area (TPSA) is 52.9 Å². The van der Waals surface area contributed by atoms with Crippen LogP contribution in [0.2, 0.25) is 0 Å². The lowest BCUT2D eigenvalue weighted by molar-refractivity contribution is -0.269. The Kier molecular flexibility index (Phi) is 4.01. The number of nitrogens with zero attached hydrogens (tertiary/aromatic N) is 1. The lowest BCUT2D eigenvalue weighted by Gasteiger charge is -2.18. The second kappa shape index (κ2) is 4.42. The second-order valence-corrected chi connectivity index (χ2v) is 2.81. The summed E-state index contributed by atoms with van der Waals surface area (Å²) in [5.41, 5.74) is 0. The molecular weight excluding hydrogens is 223 g/mol. The van der Waals surface area contributed by atoms with Gasteiger partial charge in [0.25, 0.3) is 5.91 Å². The maximum Gasteiger partial charge on any atom is 0.463 e. The lowest BCUT2D eigenvalue weighted by atomic mass is 10.2. The van der Waals surface area contributed by atoms with Crippen LogP contribution in [0, 0.1) is 17.2 Å². The normalized spacial score (nSPS) is 14.2. The van der Waals surface area contributed by atoms with Crippen molar-refractivity contribution in [3.05, 3.63) is 0 Å². The fraction of sp³-hybridized carbons (Fsp3) is 0.714. The molecule has 0 aromatic carbocycles. The summed E-state index contributed by atoms with van der Waals surface area (Å²) < 4.78 is 59.4. The molecule has 0 heterocycles. The summed E-state index contributed by atoms with van der Waals surface area (Å²) in [5, 5.41) is 9.55. The number of amides is 1. The van der Waals surface area contributed by atoms with Crippen molar-refractivity contribution in [1.29, 1.82) is 5.26 Å². The van der Waals surface area contributed by atoms with Gasteiger partial charge in [0.05, 0.1) is 12.0 Å². The Morgan fingerprint density at radius 1 is 1.40 bits per heavy atom. The van der Waals surface area contributed by atoms with Gasteiger partial charge in [0.2, 0.25) is 0 Å². The highest BCUT2D eigenvalue weighted by Gasteiger charge is 2.63. The third kappa shape index (κ3) is 3.34. The van der Waals surface area contributed by atoms with E-state index in [2.05, 4.69) is 0 Å². The molecule has 1 N–H and O–H groups in total. The molecule has 86 valence electrons. The fourth-order valence-electron chi connectivity index (χ4n) is 0.531. The molecule has 0 bridgehead atoms. The minimum Gasteiger partial charge on any atom is -0.349 e. The first-order valence-corrected chi connectivity index (χ1v) is 3.75. The Balaban J connectivity index is 4.41. The summed E-state index contributed by atoms with van der Waals surface area (Å²) in [6, 6.07) is 1.57. The number of carbonyl (C=O) groups is 1. The van der Waals surface area contributed by atoms with Crippen molar-refractivity contribution in [3.63, 3.8) is 0 Å². The van der Waals surface area contributed by atoms with Crippen LogP contribution in [0.5, 0.6) is 0 Å². The number of nitriles is 1. The van der Waals surface area contributed by atoms with Gasteiger partial charge in [-0.1, -0.05) is 0 Å². The molecule has 0 saturated carbocycles. The number of alkyl halides is 5. The zero-order valence-corrected chi connectivity index (χ0v) is 7.53. The third-order valence-electron chi connectivity index (χ3n) is 1.43. The highest BCUT2D eigenvalue weighted by molar-refractivity contribution is 5.84. The molecule has 3 nitrogen and oxygen atoms in total. The van der Waals surface area contributed by atoms with Crippen LogP contribution < -0.4 is 5.32 Å². The minimum absolute atomic E-state index is 0.555. The summed E-state index contributed by atoms with van der Waals surface area (Å²) in [6.07, 6.45) is -5.92. The largest absolute Gasteiger partial charge is 0.463 e. The Hall–Kier alpha value is -1.39. The van der Waals surface area contributed by atoms with Crippen molar-refractivity contribution < 1.29 is 26.7 Å². The van der Waals surface area contributed by atoms with E-state index in [1.807, 2.05) is 0 Å². The maximum absolute atomic E-state index is 12.3. The monoisotopic (exact) mass is 230 g/mol. The van der Waals surface area contributed by atoms with Crippen molar-refractivity contribution in [2.45, 2.75) is 19.0 Å². The quantitative estimate of drug-likeness (QED) is 0.746. The highest BCUT2D eigenvalue weighted by Crippen LogP contribution is 2.35. The minimum atomic E-state index is -5.92. The Morgan fingerprint density at radius 2 is 1.87 bits per heavy atom. The zero-order chi connectivity index (χ0) is 12.3. The molecule has 1 atom stereocenters. The number of nitrogens with one attached hydrogen (secondary N) is 1. The third-order valence-corrected chi connectivity index (χ3v) is 1.43. The number of carbonyl (C=O) groups excluding carboxylic acids is 1. The molecule has 0 aliphatic heterocycles. The van der Waals surface area contributed by atoms with E-state index in [0.717, 1.165) is 0 Å². The Morgan fingerprint density at radius 3 is 2.20 bits per heavy atom. The van der Waals surface area contributed by atoms with Gasteiger partial charge in [-0.15, -0.1) is 0 Å². The molecule has 0 radical (unpaired) electrons. The van der Waals surface area contributed by atoms with E-state index in [4.69, 9.17) is 5.26 Å². The number of rotatable bonds is 3. The van der Waals surface area contributed by atoms with Crippen molar-refractivity contribution in [2.24, 2.45) is 5.92 Å². The molecule has 0 aliphatic rings. The molecule has 0 rings (SSSR count). The van der Waals surface area contributed by atoms with E-state index in [1.165, 1.54) is 12.2 Å². The predicted molar refractivity (Wildman–Crippen MR) is 38.8 cm³/mol. The van der Waals surface area contributed by atoms with Crippen LogP contribution in [0.4, 0.5) is 22.0 Å². The van der Waals surface area contributed by atoms with Crippen molar-refractivity contribution in [1.82, 2.24) is 5.32 Å². The molecule has 15 heavy (non-hydrogen) atoms. The van der Waals surface area contributed by atoms with E-state index in [-0.39, 0.29) is 0 Å². The van der Waals surface area contributed by atoms with Crippen LogP contribution in [-0.2, 0) is 4.79 Å². The Labute approximate surface area is 81.9 Å². The molecule has 1 amide bonds. The summed E-state index contributed by atoms with van der Waals surface area (Å²) in [4.78, 5) is 10.4. The SMILES string of the molecule is CC(C#N)CNC(=O)C(F)(F)C(F)(F)F. The molecule has 0 fully saturated rings. The standard InChI is InChI=1S/C7H7F5N2O/c1-4(2-13)3-14-5(15)6(8,9)7(10,11)12/h4H,3H2,1H3,(H,14,15). The van der Waals surface area contributed by atoms with Gasteiger partial charge in [-0.2, -0.15) is 27.2 Å². The molecule has 0 aliphatic carbocycles. The van der Waals surface area contributed by atoms with Crippen molar-refractivity contribution in [2.75, 3.05) is 6.54 Å². The molecule has 1 unspecified atom stereocenters. The van der Waals surface area contributed by atoms with E-state index in [0.29, 0.717) is 0 Å². The number of halogens is 5. The first kappa shape index (κ1) is 13.6. The van der Waals surface area contributed by atoms with Gasteiger partial charge in [-0.3, -0.25) is 4.79 Å². The van der Waals surface area contributed by atoms with Crippen LogP contribution >= 0.6 is 0 Å². The van der Waals surface area contributed by atoms with E-state index >= 15 is 0 Å². The van der Waals surface area contributed by atoms with Gasteiger partial charge >= 0.3 is 12.1 Å². The van der Waals surface area contributed by atoms with Gasteiger partial charge in [0.15, 0.2) is 0 Å². The van der Waals surface area contributed by atoms with E-state index in [1.54, 1.807) is 6.07 Å². The van der Waals surface area contributed by atoms with Crippen LogP contribution in [0.15, 0.2) is 0 Å². The fourth-order valence-corrected chi connectivity index (χ4v) is 0.531. The predicted octanol–water partition coefficient (Wildman–Crippen LogP) is 1.46. The van der Waals surface area contributed by atoms with Gasteiger partial charge in [0, 0.05) is 6.54 Å². The van der Waals surface area contributed by atoms with Gasteiger partial charge in [-0.25, -0.2) is 0 Å². The van der Waals surface area contributed by atoms with E-state index < -0.39 is 30.5 Å². The summed E-state index contributed by atoms with van der Waals surface area (Å²) in [6.45, 7) is 0.715.